The molecule has 0 saturated heterocycles. The Bertz CT molecular complexity index is 555. The van der Waals surface area contributed by atoms with Crippen LogP contribution < -0.4 is 10.6 Å². The largest absolute Gasteiger partial charge is 0.383 e. The number of rotatable bonds is 5. The molecule has 0 atom stereocenters. The Morgan fingerprint density at radius 2 is 1.80 bits per heavy atom. The summed E-state index contributed by atoms with van der Waals surface area (Å²) in [5.74, 6) is 0. The molecule has 0 bridgehead atoms. The van der Waals surface area contributed by atoms with E-state index in [1.54, 1.807) is 7.11 Å². The molecular weight excluding hydrogens is 252 g/mol. The van der Waals surface area contributed by atoms with Gasteiger partial charge < -0.3 is 15.4 Å². The van der Waals surface area contributed by atoms with Crippen LogP contribution in [0.25, 0.3) is 11.1 Å². The Hall–Kier alpha value is -2.33. The zero-order valence-electron chi connectivity index (χ0n) is 11.4. The summed E-state index contributed by atoms with van der Waals surface area (Å²) >= 11 is 0. The highest BCUT2D eigenvalue weighted by molar-refractivity contribution is 5.90. The molecule has 20 heavy (non-hydrogen) atoms. The van der Waals surface area contributed by atoms with Crippen molar-refractivity contribution in [3.05, 3.63) is 54.6 Å². The maximum atomic E-state index is 11.7. The van der Waals surface area contributed by atoms with Crippen molar-refractivity contribution >= 4 is 11.7 Å². The van der Waals surface area contributed by atoms with E-state index in [-0.39, 0.29) is 6.03 Å². The summed E-state index contributed by atoms with van der Waals surface area (Å²) in [4.78, 5) is 11.7. The molecule has 0 aliphatic heterocycles. The number of urea groups is 1. The van der Waals surface area contributed by atoms with Crippen molar-refractivity contribution in [3.8, 4) is 11.1 Å². The second-order valence-electron chi connectivity index (χ2n) is 4.32. The van der Waals surface area contributed by atoms with Crippen LogP contribution >= 0.6 is 0 Å². The van der Waals surface area contributed by atoms with Crippen molar-refractivity contribution in [1.82, 2.24) is 5.32 Å². The SMILES string of the molecule is COCCNC(=O)Nc1cccc(-c2ccccc2)c1. The number of carbonyl (C=O) groups excluding carboxylic acids is 1. The van der Waals surface area contributed by atoms with E-state index < -0.39 is 0 Å². The fraction of sp³-hybridized carbons (Fsp3) is 0.188. The fourth-order valence-electron chi connectivity index (χ4n) is 1.85. The van der Waals surface area contributed by atoms with Crippen molar-refractivity contribution in [2.24, 2.45) is 0 Å². The van der Waals surface area contributed by atoms with E-state index in [4.69, 9.17) is 4.74 Å². The van der Waals surface area contributed by atoms with Crippen molar-refractivity contribution in [3.63, 3.8) is 0 Å². The van der Waals surface area contributed by atoms with Crippen LogP contribution in [0.4, 0.5) is 10.5 Å². The van der Waals surface area contributed by atoms with Crippen LogP contribution in [0.5, 0.6) is 0 Å². The van der Waals surface area contributed by atoms with Crippen LogP contribution in [-0.4, -0.2) is 26.3 Å². The van der Waals surface area contributed by atoms with Gasteiger partial charge in [0.15, 0.2) is 0 Å². The van der Waals surface area contributed by atoms with Gasteiger partial charge in [0.25, 0.3) is 0 Å². The lowest BCUT2D eigenvalue weighted by Crippen LogP contribution is -2.31. The van der Waals surface area contributed by atoms with E-state index in [1.807, 2.05) is 54.6 Å². The predicted octanol–water partition coefficient (Wildman–Crippen LogP) is 3.12. The summed E-state index contributed by atoms with van der Waals surface area (Å²) < 4.78 is 4.88. The number of amides is 2. The molecule has 2 aromatic rings. The summed E-state index contributed by atoms with van der Waals surface area (Å²) in [5.41, 5.74) is 2.96. The molecule has 0 spiro atoms. The molecule has 2 aromatic carbocycles. The van der Waals surface area contributed by atoms with E-state index in [9.17, 15) is 4.79 Å². The lowest BCUT2D eigenvalue weighted by molar-refractivity contribution is 0.198. The van der Waals surface area contributed by atoms with Crippen LogP contribution in [0, 0.1) is 0 Å². The first-order valence-corrected chi connectivity index (χ1v) is 6.49. The Morgan fingerprint density at radius 1 is 1.05 bits per heavy atom. The summed E-state index contributed by atoms with van der Waals surface area (Å²) in [7, 11) is 1.60. The van der Waals surface area contributed by atoms with E-state index in [1.165, 1.54) is 0 Å². The van der Waals surface area contributed by atoms with Gasteiger partial charge in [0.05, 0.1) is 6.61 Å². The van der Waals surface area contributed by atoms with Gasteiger partial charge in [-0.1, -0.05) is 42.5 Å². The molecule has 0 aromatic heterocycles. The van der Waals surface area contributed by atoms with Crippen molar-refractivity contribution in [2.45, 2.75) is 0 Å². The Morgan fingerprint density at radius 3 is 2.55 bits per heavy atom. The van der Waals surface area contributed by atoms with Crippen molar-refractivity contribution in [1.29, 1.82) is 0 Å². The summed E-state index contributed by atoms with van der Waals surface area (Å²) in [6.45, 7) is 0.984. The van der Waals surface area contributed by atoms with Gasteiger partial charge in [0, 0.05) is 19.3 Å². The highest BCUT2D eigenvalue weighted by Crippen LogP contribution is 2.22. The number of hydrogen-bond donors (Lipinski definition) is 2. The van der Waals surface area contributed by atoms with Gasteiger partial charge in [0.1, 0.15) is 0 Å². The number of methoxy groups -OCH3 is 1. The lowest BCUT2D eigenvalue weighted by atomic mass is 10.1. The predicted molar refractivity (Wildman–Crippen MR) is 80.8 cm³/mol. The van der Waals surface area contributed by atoms with Crippen LogP contribution in [0.2, 0.25) is 0 Å². The maximum absolute atomic E-state index is 11.7. The van der Waals surface area contributed by atoms with Crippen molar-refractivity contribution in [2.75, 3.05) is 25.6 Å². The summed E-state index contributed by atoms with van der Waals surface area (Å²) in [6.07, 6.45) is 0. The van der Waals surface area contributed by atoms with Gasteiger partial charge in [0.2, 0.25) is 0 Å². The van der Waals surface area contributed by atoms with Crippen LogP contribution in [-0.2, 0) is 4.74 Å². The highest BCUT2D eigenvalue weighted by Gasteiger charge is 2.02. The minimum absolute atomic E-state index is 0.229. The third-order valence-electron chi connectivity index (χ3n) is 2.82. The zero-order chi connectivity index (χ0) is 14.2. The molecule has 0 radical (unpaired) electrons. The molecule has 0 aliphatic rings. The van der Waals surface area contributed by atoms with Gasteiger partial charge in [-0.25, -0.2) is 4.79 Å². The standard InChI is InChI=1S/C16H18N2O2/c1-20-11-10-17-16(19)18-15-9-5-8-14(12-15)13-6-3-2-4-7-13/h2-9,12H,10-11H2,1H3,(H2,17,18,19). The first kappa shape index (κ1) is 14.1. The first-order chi connectivity index (χ1) is 9.79. The molecule has 2 rings (SSSR count). The number of anilines is 1. The number of carbonyl (C=O) groups is 1. The summed E-state index contributed by atoms with van der Waals surface area (Å²) in [5, 5.41) is 5.52. The molecular formula is C16H18N2O2. The van der Waals surface area contributed by atoms with E-state index in [2.05, 4.69) is 10.6 Å². The molecule has 2 N–H and O–H groups in total. The molecule has 0 unspecified atom stereocenters. The van der Waals surface area contributed by atoms with E-state index >= 15 is 0 Å². The van der Waals surface area contributed by atoms with Crippen LogP contribution in [0.3, 0.4) is 0 Å². The molecule has 2 amide bonds. The fourth-order valence-corrected chi connectivity index (χ4v) is 1.85. The number of hydrogen-bond acceptors (Lipinski definition) is 2. The van der Waals surface area contributed by atoms with Gasteiger partial charge in [-0.05, 0) is 23.3 Å². The van der Waals surface area contributed by atoms with E-state index in [0.29, 0.717) is 13.2 Å². The lowest BCUT2D eigenvalue weighted by Gasteiger charge is -2.09. The second kappa shape index (κ2) is 7.31. The highest BCUT2D eigenvalue weighted by atomic mass is 16.5. The zero-order valence-corrected chi connectivity index (χ0v) is 11.4. The normalized spacial score (nSPS) is 10.1. The average molecular weight is 270 g/mol. The minimum atomic E-state index is -0.229. The topological polar surface area (TPSA) is 50.4 Å². The molecule has 0 saturated carbocycles. The van der Waals surface area contributed by atoms with Crippen molar-refractivity contribution < 1.29 is 9.53 Å². The third-order valence-corrected chi connectivity index (χ3v) is 2.82. The maximum Gasteiger partial charge on any atom is 0.319 e. The first-order valence-electron chi connectivity index (χ1n) is 6.49. The summed E-state index contributed by atoms with van der Waals surface area (Å²) in [6, 6.07) is 17.6. The molecule has 4 heteroatoms. The van der Waals surface area contributed by atoms with Gasteiger partial charge in [-0.2, -0.15) is 0 Å². The molecule has 0 aliphatic carbocycles. The quantitative estimate of drug-likeness (QED) is 0.820. The third kappa shape index (κ3) is 4.10. The molecule has 104 valence electrons. The number of ether oxygens (including phenoxy) is 1. The Balaban J connectivity index is 2.01. The van der Waals surface area contributed by atoms with Gasteiger partial charge >= 0.3 is 6.03 Å². The smallest absolute Gasteiger partial charge is 0.319 e. The Labute approximate surface area is 118 Å². The van der Waals surface area contributed by atoms with Gasteiger partial charge in [-0.3, -0.25) is 0 Å². The van der Waals surface area contributed by atoms with Gasteiger partial charge in [-0.15, -0.1) is 0 Å². The molecule has 0 heterocycles. The molecule has 4 nitrogen and oxygen atoms in total. The van der Waals surface area contributed by atoms with E-state index in [0.717, 1.165) is 16.8 Å². The minimum Gasteiger partial charge on any atom is -0.383 e. The Kier molecular flexibility index (Phi) is 5.15. The van der Waals surface area contributed by atoms with Crippen LogP contribution in [0.15, 0.2) is 54.6 Å². The monoisotopic (exact) mass is 270 g/mol. The second-order valence-corrected chi connectivity index (χ2v) is 4.32. The van der Waals surface area contributed by atoms with Crippen LogP contribution in [0.1, 0.15) is 0 Å². The number of nitrogens with one attached hydrogen (secondary N) is 2. The number of benzene rings is 2. The average Bonchev–Trinajstić information content (AvgIpc) is 2.49. The molecule has 0 fully saturated rings.